The zero-order chi connectivity index (χ0) is 24.0. The van der Waals surface area contributed by atoms with Crippen molar-refractivity contribution in [3.63, 3.8) is 0 Å². The smallest absolute Gasteiger partial charge is 0.369 e. The molecule has 0 radical (unpaired) electrons. The van der Waals surface area contributed by atoms with Gasteiger partial charge in [0.15, 0.2) is 5.69 Å². The first-order valence-electron chi connectivity index (χ1n) is 9.76. The van der Waals surface area contributed by atoms with Crippen LogP contribution >= 0.6 is 23.2 Å². The predicted octanol–water partition coefficient (Wildman–Crippen LogP) is 5.20. The minimum Gasteiger partial charge on any atom is -0.369 e. The Morgan fingerprint density at radius 1 is 1.21 bits per heavy atom. The number of nitrogens with two attached hydrogens (primary N) is 1. The second kappa shape index (κ2) is 8.28. The highest BCUT2D eigenvalue weighted by molar-refractivity contribution is 6.38. The van der Waals surface area contributed by atoms with Gasteiger partial charge in [-0.05, 0) is 30.5 Å². The SMILES string of the molecule is N#Cc1nn(-c2c(Cl)cc(C(F)(F)F)cc2Cl)c(NCc2ccccc2)c1C1(C(N)=O)CC1. The van der Waals surface area contributed by atoms with Crippen LogP contribution in [0.25, 0.3) is 5.69 Å². The van der Waals surface area contributed by atoms with Gasteiger partial charge in [0.05, 0.1) is 21.0 Å². The van der Waals surface area contributed by atoms with Crippen molar-refractivity contribution in [1.29, 1.82) is 5.26 Å². The number of aromatic nitrogens is 2. The molecule has 0 saturated heterocycles. The van der Waals surface area contributed by atoms with E-state index in [-0.39, 0.29) is 39.4 Å². The molecule has 0 atom stereocenters. The van der Waals surface area contributed by atoms with E-state index in [1.54, 1.807) is 0 Å². The lowest BCUT2D eigenvalue weighted by molar-refractivity contribution is -0.137. The van der Waals surface area contributed by atoms with Crippen LogP contribution in [-0.4, -0.2) is 15.7 Å². The number of primary amides is 1. The van der Waals surface area contributed by atoms with E-state index in [1.165, 1.54) is 4.68 Å². The molecule has 11 heteroatoms. The molecule has 0 spiro atoms. The lowest BCUT2D eigenvalue weighted by atomic mass is 9.94. The zero-order valence-electron chi connectivity index (χ0n) is 16.9. The monoisotopic (exact) mass is 493 g/mol. The fourth-order valence-corrected chi connectivity index (χ4v) is 4.38. The van der Waals surface area contributed by atoms with Crippen LogP contribution in [0.4, 0.5) is 19.0 Å². The maximum atomic E-state index is 13.2. The van der Waals surface area contributed by atoms with Gasteiger partial charge in [-0.15, -0.1) is 0 Å². The quantitative estimate of drug-likeness (QED) is 0.493. The second-order valence-corrected chi connectivity index (χ2v) is 8.48. The van der Waals surface area contributed by atoms with Gasteiger partial charge in [0.25, 0.3) is 0 Å². The Labute approximate surface area is 196 Å². The summed E-state index contributed by atoms with van der Waals surface area (Å²) in [5.74, 6) is -0.402. The lowest BCUT2D eigenvalue weighted by Gasteiger charge is -2.18. The Balaban J connectivity index is 1.91. The van der Waals surface area contributed by atoms with E-state index in [9.17, 15) is 23.2 Å². The van der Waals surface area contributed by atoms with Crippen LogP contribution in [0.3, 0.4) is 0 Å². The summed E-state index contributed by atoms with van der Waals surface area (Å²) in [7, 11) is 0. The first-order chi connectivity index (χ1) is 15.6. The van der Waals surface area contributed by atoms with Gasteiger partial charge < -0.3 is 11.1 Å². The van der Waals surface area contributed by atoms with Gasteiger partial charge in [-0.1, -0.05) is 53.5 Å². The molecule has 0 aliphatic heterocycles. The first kappa shape index (κ1) is 23.0. The summed E-state index contributed by atoms with van der Waals surface area (Å²) in [5, 5.41) is 16.5. The predicted molar refractivity (Wildman–Crippen MR) is 117 cm³/mol. The van der Waals surface area contributed by atoms with Crippen molar-refractivity contribution in [3.05, 3.63) is 74.9 Å². The van der Waals surface area contributed by atoms with Crippen LogP contribution in [0.15, 0.2) is 42.5 Å². The van der Waals surface area contributed by atoms with Crippen LogP contribution in [0.5, 0.6) is 0 Å². The number of carbonyl (C=O) groups is 1. The van der Waals surface area contributed by atoms with Crippen molar-refractivity contribution in [2.24, 2.45) is 5.73 Å². The molecule has 1 aliphatic carbocycles. The zero-order valence-corrected chi connectivity index (χ0v) is 18.4. The largest absolute Gasteiger partial charge is 0.416 e. The number of hydrogen-bond acceptors (Lipinski definition) is 4. The fourth-order valence-electron chi connectivity index (χ4n) is 3.73. The molecule has 0 bridgehead atoms. The number of carbonyl (C=O) groups excluding carboxylic acids is 1. The van der Waals surface area contributed by atoms with E-state index in [0.29, 0.717) is 12.8 Å². The highest BCUT2D eigenvalue weighted by Crippen LogP contribution is 2.52. The average molecular weight is 494 g/mol. The molecule has 4 rings (SSSR count). The number of nitriles is 1. The van der Waals surface area contributed by atoms with Crippen LogP contribution < -0.4 is 11.1 Å². The van der Waals surface area contributed by atoms with Crippen LogP contribution in [0.2, 0.25) is 10.0 Å². The summed E-state index contributed by atoms with van der Waals surface area (Å²) >= 11 is 12.4. The van der Waals surface area contributed by atoms with Crippen molar-refractivity contribution in [3.8, 4) is 11.8 Å². The van der Waals surface area contributed by atoms with Gasteiger partial charge >= 0.3 is 6.18 Å². The van der Waals surface area contributed by atoms with E-state index in [1.807, 2.05) is 36.4 Å². The third kappa shape index (κ3) is 4.12. The Morgan fingerprint density at radius 2 is 1.82 bits per heavy atom. The molecule has 1 heterocycles. The van der Waals surface area contributed by atoms with E-state index < -0.39 is 23.1 Å². The topological polar surface area (TPSA) is 96.7 Å². The molecule has 6 nitrogen and oxygen atoms in total. The van der Waals surface area contributed by atoms with Crippen molar-refractivity contribution in [1.82, 2.24) is 9.78 Å². The minimum absolute atomic E-state index is 0.0510. The summed E-state index contributed by atoms with van der Waals surface area (Å²) in [6.07, 6.45) is -3.83. The Kier molecular flexibility index (Phi) is 5.76. The van der Waals surface area contributed by atoms with Crippen molar-refractivity contribution < 1.29 is 18.0 Å². The highest BCUT2D eigenvalue weighted by Gasteiger charge is 2.54. The molecule has 1 aliphatic rings. The number of nitrogens with zero attached hydrogens (tertiary/aromatic N) is 3. The van der Waals surface area contributed by atoms with Crippen molar-refractivity contribution in [2.75, 3.05) is 5.32 Å². The van der Waals surface area contributed by atoms with Crippen LogP contribution in [0.1, 0.15) is 35.2 Å². The molecule has 170 valence electrons. The number of benzene rings is 2. The van der Waals surface area contributed by atoms with Crippen LogP contribution in [-0.2, 0) is 22.9 Å². The second-order valence-electron chi connectivity index (χ2n) is 7.67. The Morgan fingerprint density at radius 3 is 2.30 bits per heavy atom. The molecular formula is C22H16Cl2F3N5O. The third-order valence-electron chi connectivity index (χ3n) is 5.55. The van der Waals surface area contributed by atoms with Gasteiger partial charge in [-0.3, -0.25) is 4.79 Å². The van der Waals surface area contributed by atoms with E-state index in [0.717, 1.165) is 17.7 Å². The number of amides is 1. The fraction of sp³-hybridized carbons (Fsp3) is 0.227. The van der Waals surface area contributed by atoms with E-state index >= 15 is 0 Å². The van der Waals surface area contributed by atoms with Crippen molar-refractivity contribution >= 4 is 34.9 Å². The van der Waals surface area contributed by atoms with E-state index in [4.69, 9.17) is 28.9 Å². The standard InChI is InChI=1S/C22H16Cl2F3N5O/c23-14-8-13(22(25,26)27)9-15(24)18(14)32-19(30-11-12-4-2-1-3-5-12)17(16(10-28)31-32)21(6-7-21)20(29)33/h1-5,8-9,30H,6-7,11H2,(H2,29,33). The molecule has 1 saturated carbocycles. The van der Waals surface area contributed by atoms with Gasteiger partial charge in [0.1, 0.15) is 17.6 Å². The number of alkyl halides is 3. The number of rotatable bonds is 6. The summed E-state index contributed by atoms with van der Waals surface area (Å²) in [5.41, 5.74) is 4.54. The molecule has 2 aromatic carbocycles. The number of anilines is 1. The molecule has 1 fully saturated rings. The lowest BCUT2D eigenvalue weighted by Crippen LogP contribution is -2.29. The molecule has 33 heavy (non-hydrogen) atoms. The average Bonchev–Trinajstić information content (AvgIpc) is 3.48. The van der Waals surface area contributed by atoms with Gasteiger partial charge in [0.2, 0.25) is 5.91 Å². The van der Waals surface area contributed by atoms with Crippen LogP contribution in [0, 0.1) is 11.3 Å². The van der Waals surface area contributed by atoms with Gasteiger partial charge in [-0.25, -0.2) is 4.68 Å². The summed E-state index contributed by atoms with van der Waals surface area (Å²) in [6, 6.07) is 12.7. The Bertz CT molecular complexity index is 1250. The number of nitrogens with one attached hydrogen (secondary N) is 1. The Hall–Kier alpha value is -3.22. The molecule has 1 amide bonds. The molecule has 0 unspecified atom stereocenters. The maximum absolute atomic E-state index is 13.2. The normalized spacial score (nSPS) is 14.5. The maximum Gasteiger partial charge on any atom is 0.416 e. The molecule has 3 N–H and O–H groups in total. The number of hydrogen-bond donors (Lipinski definition) is 2. The first-order valence-corrected chi connectivity index (χ1v) is 10.5. The molecule has 1 aromatic heterocycles. The summed E-state index contributed by atoms with van der Waals surface area (Å²) < 4.78 is 40.8. The minimum atomic E-state index is -4.66. The third-order valence-corrected chi connectivity index (χ3v) is 6.13. The summed E-state index contributed by atoms with van der Waals surface area (Å²) in [4.78, 5) is 12.3. The summed E-state index contributed by atoms with van der Waals surface area (Å²) in [6.45, 7) is 0.273. The van der Waals surface area contributed by atoms with Gasteiger partial charge in [-0.2, -0.15) is 23.5 Å². The molecule has 3 aromatic rings. The molecular weight excluding hydrogens is 478 g/mol. The number of halogens is 5. The van der Waals surface area contributed by atoms with Gasteiger partial charge in [0, 0.05) is 12.1 Å². The highest BCUT2D eigenvalue weighted by atomic mass is 35.5. The van der Waals surface area contributed by atoms with Crippen molar-refractivity contribution in [2.45, 2.75) is 31.0 Å². The van der Waals surface area contributed by atoms with E-state index in [2.05, 4.69) is 10.4 Å².